The third-order valence-electron chi connectivity index (χ3n) is 4.74. The van der Waals surface area contributed by atoms with Crippen LogP contribution in [0.15, 0.2) is 97.1 Å². The molecule has 0 aliphatic carbocycles. The van der Waals surface area contributed by atoms with E-state index in [0.29, 0.717) is 0 Å². The van der Waals surface area contributed by atoms with E-state index < -0.39 is 0 Å². The van der Waals surface area contributed by atoms with E-state index in [2.05, 4.69) is 121 Å². The largest absolute Gasteiger partial charge is 4.00 e. The number of fused-ring (bicyclic) bond motifs is 2. The van der Waals surface area contributed by atoms with Gasteiger partial charge in [-0.15, -0.1) is 75.1 Å². The van der Waals surface area contributed by atoms with Crippen molar-refractivity contribution in [2.24, 2.45) is 0 Å². The maximum Gasteiger partial charge on any atom is 4.00 e. The van der Waals surface area contributed by atoms with E-state index in [1.807, 2.05) is 13.8 Å². The Kier molecular flexibility index (Phi) is 18.4. The molecule has 0 saturated heterocycles. The van der Waals surface area contributed by atoms with Gasteiger partial charge in [0.15, 0.2) is 0 Å². The van der Waals surface area contributed by atoms with E-state index in [1.54, 1.807) is 6.55 Å². The average molecular weight is 570 g/mol. The molecule has 5 aromatic rings. The van der Waals surface area contributed by atoms with Gasteiger partial charge >= 0.3 is 26.2 Å². The van der Waals surface area contributed by atoms with Crippen molar-refractivity contribution < 1.29 is 51.0 Å². The fraction of sp³-hybridized carbons (Fsp3) is 0.172. The van der Waals surface area contributed by atoms with Crippen LogP contribution in [0, 0.1) is 13.8 Å². The Balaban J connectivity index is 0. The van der Waals surface area contributed by atoms with Gasteiger partial charge in [-0.1, -0.05) is 82.3 Å². The van der Waals surface area contributed by atoms with Gasteiger partial charge in [0.25, 0.3) is 0 Å². The van der Waals surface area contributed by atoms with Gasteiger partial charge < -0.3 is 24.8 Å². The van der Waals surface area contributed by atoms with Crippen LogP contribution in [0.25, 0.3) is 32.7 Å². The Hall–Kier alpha value is -1.44. The van der Waals surface area contributed by atoms with Crippen molar-refractivity contribution in [1.82, 2.24) is 0 Å². The topological polar surface area (TPSA) is 0 Å². The van der Waals surface area contributed by atoms with Crippen LogP contribution >= 0.6 is 0 Å². The fourth-order valence-corrected chi connectivity index (χ4v) is 3.56. The molecule has 33 heavy (non-hydrogen) atoms. The summed E-state index contributed by atoms with van der Waals surface area (Å²) < 4.78 is 0. The Morgan fingerprint density at radius 2 is 1.12 bits per heavy atom. The van der Waals surface area contributed by atoms with Crippen molar-refractivity contribution in [2.45, 2.75) is 34.2 Å². The van der Waals surface area contributed by atoms with Crippen LogP contribution < -0.4 is 24.8 Å². The van der Waals surface area contributed by atoms with E-state index in [0.717, 1.165) is 0 Å². The molecule has 169 valence electrons. The zero-order valence-electron chi connectivity index (χ0n) is 20.0. The van der Waals surface area contributed by atoms with Crippen molar-refractivity contribution in [3.8, 4) is 11.1 Å². The molecule has 0 N–H and O–H groups in total. The van der Waals surface area contributed by atoms with Crippen LogP contribution in [0.3, 0.4) is 0 Å². The maximum atomic E-state index is 2.97. The van der Waals surface area contributed by atoms with Crippen molar-refractivity contribution in [3.63, 3.8) is 0 Å². The summed E-state index contributed by atoms with van der Waals surface area (Å²) in [5, 5.41) is 5.38. The second-order valence-electron chi connectivity index (χ2n) is 6.87. The number of rotatable bonds is 1. The summed E-state index contributed by atoms with van der Waals surface area (Å²) in [5.74, 6) is 0. The van der Waals surface area contributed by atoms with Gasteiger partial charge in [-0.05, 0) is 5.56 Å². The predicted octanol–water partition coefficient (Wildman–Crippen LogP) is 2.64. The Morgan fingerprint density at radius 3 is 1.76 bits per heavy atom. The number of hydrogen-bond donors (Lipinski definition) is 0. The normalized spacial score (nSPS) is 8.79. The second-order valence-corrected chi connectivity index (χ2v) is 6.87. The average Bonchev–Trinajstić information content (AvgIpc) is 3.38. The van der Waals surface area contributed by atoms with Crippen LogP contribution in [-0.4, -0.2) is 10.2 Å². The summed E-state index contributed by atoms with van der Waals surface area (Å²) >= 11 is 0. The molecule has 0 aliphatic rings. The molecular formula is C29H31Cl2SiZr. The first-order chi connectivity index (χ1) is 14.7. The van der Waals surface area contributed by atoms with Crippen LogP contribution in [0.2, 0.25) is 6.55 Å². The molecule has 0 atom stereocenters. The Morgan fingerprint density at radius 1 is 0.606 bits per heavy atom. The van der Waals surface area contributed by atoms with Crippen molar-refractivity contribution >= 4 is 31.8 Å². The Bertz CT molecular complexity index is 1130. The van der Waals surface area contributed by atoms with Crippen molar-refractivity contribution in [1.29, 1.82) is 0 Å². The SMILES string of the molecule is CC.C[Si].Cc1cc2c(-c3ccccc3)cccc2[cH-]1.Cc1cc2ccccc2[cH-]1.[Cl-].[Cl-].[Zr+4]. The molecule has 4 heteroatoms. The van der Waals surface area contributed by atoms with Gasteiger partial charge in [0.2, 0.25) is 0 Å². The Labute approximate surface area is 234 Å². The monoisotopic (exact) mass is 567 g/mol. The molecule has 0 nitrogen and oxygen atoms in total. The van der Waals surface area contributed by atoms with Gasteiger partial charge in [0, 0.05) is 10.2 Å². The summed E-state index contributed by atoms with van der Waals surface area (Å²) in [7, 11) is 2.97. The van der Waals surface area contributed by atoms with Gasteiger partial charge in [-0.2, -0.15) is 12.1 Å². The minimum Gasteiger partial charge on any atom is -1.00 e. The molecule has 0 spiro atoms. The standard InChI is InChI=1S/C16H13.C10H9.C2H6.CH3Si.2ClH.Zr/c1-12-10-14-8-5-9-15(16(14)11-12)13-6-3-2-4-7-13;1-8-6-9-4-2-3-5-10(9)7-8;2*1-2;;;/h2-11H,1H3;2-7H,1H3;1-2H3;1H3;2*1H;/q2*-1;;;;;+4/p-2. The van der Waals surface area contributed by atoms with E-state index in [-0.39, 0.29) is 51.0 Å². The second kappa shape index (κ2) is 18.0. The molecule has 0 amide bonds. The number of aryl methyl sites for hydroxylation is 2. The third-order valence-corrected chi connectivity index (χ3v) is 4.74. The van der Waals surface area contributed by atoms with Gasteiger partial charge in [0.1, 0.15) is 0 Å². The van der Waals surface area contributed by atoms with Gasteiger partial charge in [-0.3, -0.25) is 0 Å². The molecule has 0 saturated carbocycles. The molecule has 0 aromatic heterocycles. The number of hydrogen-bond acceptors (Lipinski definition) is 0. The fourth-order valence-electron chi connectivity index (χ4n) is 3.56. The summed E-state index contributed by atoms with van der Waals surface area (Å²) in [6.45, 7) is 10.1. The number of halogens is 2. The van der Waals surface area contributed by atoms with Crippen LogP contribution in [-0.2, 0) is 26.2 Å². The summed E-state index contributed by atoms with van der Waals surface area (Å²) in [4.78, 5) is 0. The van der Waals surface area contributed by atoms with Crippen molar-refractivity contribution in [3.05, 3.63) is 108 Å². The molecule has 5 rings (SSSR count). The third kappa shape index (κ3) is 9.38. The van der Waals surface area contributed by atoms with E-state index >= 15 is 0 Å². The van der Waals surface area contributed by atoms with E-state index in [9.17, 15) is 0 Å². The van der Waals surface area contributed by atoms with E-state index in [1.165, 1.54) is 43.8 Å². The van der Waals surface area contributed by atoms with Crippen LogP contribution in [0.5, 0.6) is 0 Å². The molecule has 0 fully saturated rings. The van der Waals surface area contributed by atoms with Crippen molar-refractivity contribution in [2.75, 3.05) is 0 Å². The molecular weight excluding hydrogens is 539 g/mol. The predicted molar refractivity (Wildman–Crippen MR) is 137 cm³/mol. The van der Waals surface area contributed by atoms with Gasteiger partial charge in [-0.25, -0.2) is 0 Å². The van der Waals surface area contributed by atoms with Crippen LogP contribution in [0.1, 0.15) is 25.0 Å². The molecule has 3 radical (unpaired) electrons. The van der Waals surface area contributed by atoms with Gasteiger partial charge in [0.05, 0.1) is 0 Å². The summed E-state index contributed by atoms with van der Waals surface area (Å²) in [6.07, 6.45) is 0. The smallest absolute Gasteiger partial charge is 1.00 e. The molecule has 0 heterocycles. The summed E-state index contributed by atoms with van der Waals surface area (Å²) in [6, 6.07) is 34.4. The first-order valence-corrected chi connectivity index (χ1v) is 11.5. The minimum atomic E-state index is 0. The molecule has 0 aliphatic heterocycles. The first kappa shape index (κ1) is 33.7. The first-order valence-electron chi connectivity index (χ1n) is 10.5. The molecule has 5 aromatic carbocycles. The molecule has 0 bridgehead atoms. The van der Waals surface area contributed by atoms with E-state index in [4.69, 9.17) is 0 Å². The molecule has 0 unspecified atom stereocenters. The minimum absolute atomic E-state index is 0. The zero-order chi connectivity index (χ0) is 21.9. The summed E-state index contributed by atoms with van der Waals surface area (Å²) in [5.41, 5.74) is 5.30. The maximum absolute atomic E-state index is 2.97. The quantitative estimate of drug-likeness (QED) is 0.215. The number of benzene rings is 3. The van der Waals surface area contributed by atoms with Crippen LogP contribution in [0.4, 0.5) is 0 Å². The zero-order valence-corrected chi connectivity index (χ0v) is 25.0.